The van der Waals surface area contributed by atoms with Gasteiger partial charge in [0, 0.05) is 6.42 Å². The smallest absolute Gasteiger partial charge is 0.309 e. The molecule has 0 aromatic rings. The van der Waals surface area contributed by atoms with Crippen LogP contribution >= 0.6 is 0 Å². The Kier molecular flexibility index (Phi) is 13.4. The van der Waals surface area contributed by atoms with E-state index in [2.05, 4.69) is 36.0 Å². The van der Waals surface area contributed by atoms with Gasteiger partial charge in [0.2, 0.25) is 0 Å². The van der Waals surface area contributed by atoms with Gasteiger partial charge in [-0.2, -0.15) is 0 Å². The second-order valence-electron chi connectivity index (χ2n) is 7.45. The minimum atomic E-state index is -0.110. The topological polar surface area (TPSA) is 52.6 Å². The Morgan fingerprint density at radius 3 is 2.63 bits per heavy atom. The van der Waals surface area contributed by atoms with E-state index in [1.807, 2.05) is 0 Å². The van der Waals surface area contributed by atoms with Gasteiger partial charge in [-0.25, -0.2) is 0 Å². The Bertz CT molecular complexity index is 467. The summed E-state index contributed by atoms with van der Waals surface area (Å²) in [7, 11) is 1.44. The van der Waals surface area contributed by atoms with Gasteiger partial charge >= 0.3 is 11.9 Å². The number of allylic oxidation sites excluding steroid dienone is 4. The van der Waals surface area contributed by atoms with Crippen LogP contribution in [0.4, 0.5) is 0 Å². The lowest BCUT2D eigenvalue weighted by Crippen LogP contribution is -2.22. The maximum absolute atomic E-state index is 12.2. The van der Waals surface area contributed by atoms with E-state index in [1.54, 1.807) is 0 Å². The first-order chi connectivity index (χ1) is 13.2. The van der Waals surface area contributed by atoms with E-state index >= 15 is 0 Å². The molecule has 1 rings (SSSR count). The van der Waals surface area contributed by atoms with E-state index in [0.29, 0.717) is 18.9 Å². The highest BCUT2D eigenvalue weighted by Gasteiger charge is 2.24. The van der Waals surface area contributed by atoms with Crippen LogP contribution < -0.4 is 0 Å². The zero-order chi connectivity index (χ0) is 19.7. The van der Waals surface area contributed by atoms with Crippen LogP contribution in [0.25, 0.3) is 0 Å². The van der Waals surface area contributed by atoms with Crippen LogP contribution in [0.15, 0.2) is 24.3 Å². The number of methoxy groups -OCH3 is 1. The molecule has 0 radical (unpaired) electrons. The number of carbonyl (C=O) groups is 2. The van der Waals surface area contributed by atoms with Crippen LogP contribution in [-0.4, -0.2) is 25.7 Å². The molecule has 1 aliphatic carbocycles. The van der Waals surface area contributed by atoms with Gasteiger partial charge in [-0.05, 0) is 44.4 Å². The van der Waals surface area contributed by atoms with Crippen molar-refractivity contribution in [2.24, 2.45) is 11.8 Å². The van der Waals surface area contributed by atoms with Crippen molar-refractivity contribution in [1.29, 1.82) is 0 Å². The van der Waals surface area contributed by atoms with E-state index in [0.717, 1.165) is 51.4 Å². The molecule has 0 N–H and O–H groups in total. The summed E-state index contributed by atoms with van der Waals surface area (Å²) in [6, 6.07) is 0. The number of unbranched alkanes of at least 4 members (excludes halogenated alkanes) is 7. The van der Waals surface area contributed by atoms with Gasteiger partial charge in [0.1, 0.15) is 0 Å². The summed E-state index contributed by atoms with van der Waals surface area (Å²) in [5.41, 5.74) is 0. The van der Waals surface area contributed by atoms with Crippen molar-refractivity contribution < 1.29 is 19.1 Å². The third kappa shape index (κ3) is 11.7. The van der Waals surface area contributed by atoms with Crippen LogP contribution in [0.2, 0.25) is 0 Å². The first-order valence-electron chi connectivity index (χ1n) is 10.7. The molecule has 154 valence electrons. The molecule has 4 nitrogen and oxygen atoms in total. The molecular formula is C23H38O4. The zero-order valence-corrected chi connectivity index (χ0v) is 17.3. The lowest BCUT2D eigenvalue weighted by molar-refractivity contribution is -0.149. The van der Waals surface area contributed by atoms with Gasteiger partial charge in [-0.3, -0.25) is 9.59 Å². The molecular weight excluding hydrogens is 340 g/mol. The van der Waals surface area contributed by atoms with Crippen molar-refractivity contribution in [2.75, 3.05) is 13.7 Å². The van der Waals surface area contributed by atoms with E-state index in [-0.39, 0.29) is 17.9 Å². The highest BCUT2D eigenvalue weighted by Crippen LogP contribution is 2.26. The standard InChI is InChI=1S/C23H38O4/c1-3-4-12-18-27-23(25)21-16-13-15-20(19-21)14-10-8-6-5-7-9-11-17-22(24)26-2/h10,13-15,20-21H,3-9,11-12,16-19H2,1-2H3/b14-10+. The highest BCUT2D eigenvalue weighted by molar-refractivity contribution is 5.73. The molecule has 0 aromatic carbocycles. The van der Waals surface area contributed by atoms with E-state index in [9.17, 15) is 9.59 Å². The predicted octanol–water partition coefficient (Wildman–Crippen LogP) is 5.76. The molecule has 0 bridgehead atoms. The molecule has 0 heterocycles. The summed E-state index contributed by atoms with van der Waals surface area (Å²) < 4.78 is 10.1. The Balaban J connectivity index is 2.10. The lowest BCUT2D eigenvalue weighted by atomic mass is 9.86. The fourth-order valence-electron chi connectivity index (χ4n) is 3.33. The molecule has 0 aromatic heterocycles. The number of ether oxygens (including phenoxy) is 2. The van der Waals surface area contributed by atoms with Crippen LogP contribution in [0.5, 0.6) is 0 Å². The number of rotatable bonds is 14. The average Bonchev–Trinajstić information content (AvgIpc) is 2.69. The second kappa shape index (κ2) is 15.5. The number of hydrogen-bond donors (Lipinski definition) is 0. The molecule has 4 heteroatoms. The minimum Gasteiger partial charge on any atom is -0.469 e. The number of hydrogen-bond acceptors (Lipinski definition) is 4. The van der Waals surface area contributed by atoms with Crippen molar-refractivity contribution >= 4 is 11.9 Å². The molecule has 2 atom stereocenters. The van der Waals surface area contributed by atoms with Crippen LogP contribution in [0.1, 0.15) is 84.0 Å². The Morgan fingerprint density at radius 1 is 1.07 bits per heavy atom. The Hall–Kier alpha value is -1.58. The molecule has 0 spiro atoms. The van der Waals surface area contributed by atoms with E-state index in [4.69, 9.17) is 4.74 Å². The summed E-state index contributed by atoms with van der Waals surface area (Å²) in [6.45, 7) is 2.71. The van der Waals surface area contributed by atoms with Crippen molar-refractivity contribution in [3.8, 4) is 0 Å². The van der Waals surface area contributed by atoms with Crippen LogP contribution in [-0.2, 0) is 19.1 Å². The van der Waals surface area contributed by atoms with E-state index < -0.39 is 0 Å². The maximum Gasteiger partial charge on any atom is 0.309 e. The summed E-state index contributed by atoms with van der Waals surface area (Å²) in [4.78, 5) is 23.2. The lowest BCUT2D eigenvalue weighted by Gasteiger charge is -2.21. The average molecular weight is 379 g/mol. The van der Waals surface area contributed by atoms with Crippen LogP contribution in [0, 0.1) is 11.8 Å². The summed E-state index contributed by atoms with van der Waals surface area (Å²) in [6.07, 6.45) is 20.9. The summed E-state index contributed by atoms with van der Waals surface area (Å²) in [5, 5.41) is 0. The Labute approximate surface area is 165 Å². The molecule has 0 saturated heterocycles. The fraction of sp³-hybridized carbons (Fsp3) is 0.739. The van der Waals surface area contributed by atoms with Crippen molar-refractivity contribution in [3.05, 3.63) is 24.3 Å². The van der Waals surface area contributed by atoms with Crippen molar-refractivity contribution in [1.82, 2.24) is 0 Å². The van der Waals surface area contributed by atoms with Gasteiger partial charge < -0.3 is 9.47 Å². The van der Waals surface area contributed by atoms with E-state index in [1.165, 1.54) is 26.4 Å². The zero-order valence-electron chi connectivity index (χ0n) is 17.3. The molecule has 27 heavy (non-hydrogen) atoms. The first-order valence-corrected chi connectivity index (χ1v) is 10.7. The molecule has 0 amide bonds. The number of carbonyl (C=O) groups excluding carboxylic acids is 2. The fourth-order valence-corrected chi connectivity index (χ4v) is 3.33. The van der Waals surface area contributed by atoms with Crippen molar-refractivity contribution in [2.45, 2.75) is 84.0 Å². The SMILES string of the molecule is CCCCCOC(=O)C1CC=CC(/C=C/CCCCCCCC(=O)OC)C1. The Morgan fingerprint density at radius 2 is 1.85 bits per heavy atom. The molecule has 1 aliphatic rings. The third-order valence-corrected chi connectivity index (χ3v) is 5.05. The summed E-state index contributed by atoms with van der Waals surface area (Å²) >= 11 is 0. The van der Waals surface area contributed by atoms with Gasteiger partial charge in [-0.15, -0.1) is 0 Å². The minimum absolute atomic E-state index is 0.0149. The summed E-state index contributed by atoms with van der Waals surface area (Å²) in [5.74, 6) is 0.232. The number of esters is 2. The van der Waals surface area contributed by atoms with Crippen LogP contribution in [0.3, 0.4) is 0 Å². The second-order valence-corrected chi connectivity index (χ2v) is 7.45. The molecule has 2 unspecified atom stereocenters. The monoisotopic (exact) mass is 378 g/mol. The molecule has 0 aliphatic heterocycles. The first kappa shape index (κ1) is 23.5. The van der Waals surface area contributed by atoms with Gasteiger partial charge in [0.15, 0.2) is 0 Å². The normalized spacial score (nSPS) is 19.3. The van der Waals surface area contributed by atoms with Gasteiger partial charge in [-0.1, -0.05) is 63.3 Å². The largest absolute Gasteiger partial charge is 0.469 e. The third-order valence-electron chi connectivity index (χ3n) is 5.05. The maximum atomic E-state index is 12.2. The predicted molar refractivity (Wildman–Crippen MR) is 109 cm³/mol. The molecule has 0 fully saturated rings. The van der Waals surface area contributed by atoms with Gasteiger partial charge in [0.05, 0.1) is 19.6 Å². The molecule has 0 saturated carbocycles. The van der Waals surface area contributed by atoms with Crippen molar-refractivity contribution in [3.63, 3.8) is 0 Å². The van der Waals surface area contributed by atoms with Gasteiger partial charge in [0.25, 0.3) is 0 Å². The quantitative estimate of drug-likeness (QED) is 0.219. The highest BCUT2D eigenvalue weighted by atomic mass is 16.5.